The summed E-state index contributed by atoms with van der Waals surface area (Å²) in [6.45, 7) is 5.29. The number of nitrogens with zero attached hydrogens (tertiary/aromatic N) is 1. The van der Waals surface area contributed by atoms with Crippen molar-refractivity contribution in [1.82, 2.24) is 10.2 Å². The van der Waals surface area contributed by atoms with Gasteiger partial charge in [-0.2, -0.15) is 0 Å². The molecule has 1 aromatic carbocycles. The SMILES string of the molecule is COC(=O)[C@]12C[C@H](CC(=O)NCC34CC5CC(CC(C5)C3)C4)C(=O)N(Cc3ccc4c(c3)OCO4)C1=C[C@H](C(C)C)O[C@@H]2C1CC1. The number of ether oxygens (including phenoxy) is 4. The summed E-state index contributed by atoms with van der Waals surface area (Å²) in [6.07, 6.45) is 11.2. The smallest absolute Gasteiger partial charge is 0.320 e. The van der Waals surface area contributed by atoms with Crippen molar-refractivity contribution in [2.45, 2.75) is 96.8 Å². The van der Waals surface area contributed by atoms with Gasteiger partial charge in [0, 0.05) is 24.6 Å². The number of esters is 1. The first-order valence-corrected chi connectivity index (χ1v) is 17.6. The molecule has 4 bridgehead atoms. The highest BCUT2D eigenvalue weighted by Gasteiger charge is 2.64. The molecule has 5 saturated carbocycles. The van der Waals surface area contributed by atoms with Gasteiger partial charge in [0.15, 0.2) is 11.5 Å². The predicted octanol–water partition coefficient (Wildman–Crippen LogP) is 5.36. The third kappa shape index (κ3) is 5.12. The Hall–Kier alpha value is -3.07. The van der Waals surface area contributed by atoms with Crippen molar-refractivity contribution in [2.24, 2.45) is 46.3 Å². The molecule has 248 valence electrons. The molecule has 9 rings (SSSR count). The number of benzene rings is 1. The van der Waals surface area contributed by atoms with Gasteiger partial charge >= 0.3 is 5.97 Å². The molecular weight excluding hydrogens is 584 g/mol. The van der Waals surface area contributed by atoms with Gasteiger partial charge in [0.2, 0.25) is 18.6 Å². The monoisotopic (exact) mass is 632 g/mol. The molecule has 1 N–H and O–H groups in total. The van der Waals surface area contributed by atoms with Crippen LogP contribution in [0, 0.1) is 46.3 Å². The highest BCUT2D eigenvalue weighted by molar-refractivity contribution is 5.93. The molecule has 0 aromatic heterocycles. The highest BCUT2D eigenvalue weighted by atomic mass is 16.7. The molecule has 0 spiro atoms. The zero-order valence-corrected chi connectivity index (χ0v) is 27.4. The van der Waals surface area contributed by atoms with E-state index in [2.05, 4.69) is 19.2 Å². The van der Waals surface area contributed by atoms with Crippen LogP contribution in [-0.4, -0.2) is 55.3 Å². The Balaban J connectivity index is 1.10. The lowest BCUT2D eigenvalue weighted by atomic mass is 9.49. The van der Waals surface area contributed by atoms with E-state index in [1.807, 2.05) is 24.3 Å². The molecule has 0 unspecified atom stereocenters. The number of carbonyl (C=O) groups excluding carboxylic acids is 3. The minimum Gasteiger partial charge on any atom is -0.468 e. The van der Waals surface area contributed by atoms with Crippen molar-refractivity contribution in [2.75, 3.05) is 20.4 Å². The summed E-state index contributed by atoms with van der Waals surface area (Å²) in [7, 11) is 1.42. The van der Waals surface area contributed by atoms with Gasteiger partial charge in [-0.25, -0.2) is 0 Å². The fourth-order valence-corrected chi connectivity index (χ4v) is 10.5. The Kier molecular flexibility index (Phi) is 7.42. The molecule has 4 atom stereocenters. The number of hydrogen-bond donors (Lipinski definition) is 1. The van der Waals surface area contributed by atoms with Crippen molar-refractivity contribution < 1.29 is 33.3 Å². The fraction of sp³-hybridized carbons (Fsp3) is 0.703. The topological polar surface area (TPSA) is 103 Å². The molecule has 5 aliphatic carbocycles. The average molecular weight is 633 g/mol. The number of rotatable bonds is 9. The first kappa shape index (κ1) is 30.3. The van der Waals surface area contributed by atoms with Gasteiger partial charge < -0.3 is 29.2 Å². The average Bonchev–Trinajstić information content (AvgIpc) is 3.76. The first-order chi connectivity index (χ1) is 22.2. The van der Waals surface area contributed by atoms with Crippen LogP contribution >= 0.6 is 0 Å². The molecule has 3 heterocycles. The van der Waals surface area contributed by atoms with Gasteiger partial charge in [0.05, 0.1) is 25.9 Å². The number of likely N-dealkylation sites (tertiary alicyclic amines) is 1. The van der Waals surface area contributed by atoms with Crippen LogP contribution in [-0.2, 0) is 30.4 Å². The van der Waals surface area contributed by atoms with E-state index in [-0.39, 0.29) is 67.3 Å². The number of methoxy groups -OCH3 is 1. The number of nitrogens with one attached hydrogen (secondary N) is 1. The van der Waals surface area contributed by atoms with E-state index in [1.165, 1.54) is 45.6 Å². The van der Waals surface area contributed by atoms with Crippen LogP contribution in [0.5, 0.6) is 11.5 Å². The Labute approximate surface area is 271 Å². The fourth-order valence-electron chi connectivity index (χ4n) is 10.5. The van der Waals surface area contributed by atoms with E-state index in [0.29, 0.717) is 23.7 Å². The van der Waals surface area contributed by atoms with Crippen LogP contribution in [0.4, 0.5) is 0 Å². The summed E-state index contributed by atoms with van der Waals surface area (Å²) in [5.41, 5.74) is 0.556. The standard InChI is InChI=1S/C37H48N2O7/c1-21(2)29-13-31-37(35(42)43-3,33(46-29)26-5-6-26)17-27(34(41)39(31)18-22-4-7-28-30(11-22)45-20-44-28)12-32(40)38-19-36-14-23-8-24(15-36)10-25(9-23)16-36/h4,7,11,13,21,23-27,29,33H,5-6,8-10,12,14-20H2,1-3H3,(H,38,40)/t23?,24?,25?,27-,29+,33+,36?,37+/m0/s1. The number of fused-ring (bicyclic) bond motifs is 2. The molecule has 9 heteroatoms. The van der Waals surface area contributed by atoms with Crippen LogP contribution in [0.25, 0.3) is 0 Å². The maximum Gasteiger partial charge on any atom is 0.320 e. The first-order valence-electron chi connectivity index (χ1n) is 17.6. The van der Waals surface area contributed by atoms with E-state index in [4.69, 9.17) is 18.9 Å². The Morgan fingerprint density at radius 3 is 2.37 bits per heavy atom. The minimum absolute atomic E-state index is 0.0415. The number of carbonyl (C=O) groups is 3. The summed E-state index contributed by atoms with van der Waals surface area (Å²) in [5.74, 6) is 2.77. The molecular formula is C37H48N2O7. The predicted molar refractivity (Wildman–Crippen MR) is 168 cm³/mol. The van der Waals surface area contributed by atoms with E-state index in [1.54, 1.807) is 4.90 Å². The van der Waals surface area contributed by atoms with Gasteiger partial charge in [-0.3, -0.25) is 14.4 Å². The molecule has 1 saturated heterocycles. The van der Waals surface area contributed by atoms with E-state index in [0.717, 1.165) is 36.2 Å². The second-order valence-corrected chi connectivity index (χ2v) is 16.0. The van der Waals surface area contributed by atoms with Crippen LogP contribution in [0.2, 0.25) is 0 Å². The third-order valence-electron chi connectivity index (χ3n) is 12.3. The Morgan fingerprint density at radius 1 is 1.02 bits per heavy atom. The summed E-state index contributed by atoms with van der Waals surface area (Å²) in [5, 5.41) is 3.29. The second-order valence-electron chi connectivity index (χ2n) is 16.0. The minimum atomic E-state index is -1.17. The third-order valence-corrected chi connectivity index (χ3v) is 12.3. The number of piperidine rings is 1. The molecule has 1 aromatic rings. The lowest BCUT2D eigenvalue weighted by Gasteiger charge is -2.57. The number of hydrogen-bond acceptors (Lipinski definition) is 7. The van der Waals surface area contributed by atoms with Gasteiger partial charge in [-0.15, -0.1) is 0 Å². The van der Waals surface area contributed by atoms with Crippen LogP contribution in [0.1, 0.15) is 83.6 Å². The molecule has 2 amide bonds. The van der Waals surface area contributed by atoms with Crippen LogP contribution in [0.15, 0.2) is 30.0 Å². The van der Waals surface area contributed by atoms with Crippen molar-refractivity contribution in [3.63, 3.8) is 0 Å². The maximum atomic E-state index is 14.6. The van der Waals surface area contributed by atoms with E-state index >= 15 is 0 Å². The molecule has 6 fully saturated rings. The molecule has 0 radical (unpaired) electrons. The lowest BCUT2D eigenvalue weighted by molar-refractivity contribution is -0.182. The van der Waals surface area contributed by atoms with Crippen LogP contribution in [0.3, 0.4) is 0 Å². The maximum absolute atomic E-state index is 14.6. The summed E-state index contributed by atoms with van der Waals surface area (Å²) >= 11 is 0. The van der Waals surface area contributed by atoms with Gasteiger partial charge in [-0.05, 0) is 117 Å². The quantitative estimate of drug-likeness (QED) is 0.366. The van der Waals surface area contributed by atoms with E-state index in [9.17, 15) is 14.4 Å². The van der Waals surface area contributed by atoms with Crippen molar-refractivity contribution in [3.8, 4) is 11.5 Å². The largest absolute Gasteiger partial charge is 0.468 e. The van der Waals surface area contributed by atoms with Gasteiger partial charge in [0.1, 0.15) is 5.41 Å². The lowest BCUT2D eigenvalue weighted by Crippen LogP contribution is -2.61. The van der Waals surface area contributed by atoms with Gasteiger partial charge in [-0.1, -0.05) is 19.9 Å². The number of amides is 2. The molecule has 9 nitrogen and oxygen atoms in total. The molecule has 46 heavy (non-hydrogen) atoms. The summed E-state index contributed by atoms with van der Waals surface area (Å²) in [6, 6.07) is 5.69. The van der Waals surface area contributed by atoms with Crippen LogP contribution < -0.4 is 14.8 Å². The summed E-state index contributed by atoms with van der Waals surface area (Å²) < 4.78 is 23.5. The molecule has 8 aliphatic rings. The van der Waals surface area contributed by atoms with Crippen molar-refractivity contribution >= 4 is 17.8 Å². The highest BCUT2D eigenvalue weighted by Crippen LogP contribution is 2.60. The second kappa shape index (κ2) is 11.3. The Bertz CT molecular complexity index is 1410. The Morgan fingerprint density at radius 2 is 1.72 bits per heavy atom. The summed E-state index contributed by atoms with van der Waals surface area (Å²) in [4.78, 5) is 44.2. The molecule has 3 aliphatic heterocycles. The van der Waals surface area contributed by atoms with Gasteiger partial charge in [0.25, 0.3) is 0 Å². The van der Waals surface area contributed by atoms with Crippen molar-refractivity contribution in [3.05, 3.63) is 35.5 Å². The normalized spacial score (nSPS) is 37.3. The zero-order valence-electron chi connectivity index (χ0n) is 27.4. The zero-order chi connectivity index (χ0) is 31.8. The van der Waals surface area contributed by atoms with Crippen molar-refractivity contribution in [1.29, 1.82) is 0 Å². The van der Waals surface area contributed by atoms with E-state index < -0.39 is 17.4 Å².